The van der Waals surface area contributed by atoms with E-state index in [-0.39, 0.29) is 0 Å². The first-order chi connectivity index (χ1) is 7.75. The molecule has 2 N–H and O–H groups in total. The van der Waals surface area contributed by atoms with Crippen LogP contribution in [0.3, 0.4) is 0 Å². The molecule has 1 aromatic rings. The van der Waals surface area contributed by atoms with Crippen LogP contribution >= 0.6 is 11.3 Å². The number of hydrogen-bond donors (Lipinski definition) is 1. The molecular formula is C12H20N2OS. The summed E-state index contributed by atoms with van der Waals surface area (Å²) in [4.78, 5) is 3.75. The van der Waals surface area contributed by atoms with Crippen molar-refractivity contribution in [2.45, 2.75) is 19.0 Å². The average molecular weight is 240 g/mol. The molecule has 1 aliphatic rings. The van der Waals surface area contributed by atoms with E-state index < -0.39 is 0 Å². The van der Waals surface area contributed by atoms with E-state index in [0.717, 1.165) is 32.7 Å². The zero-order valence-electron chi connectivity index (χ0n) is 9.76. The van der Waals surface area contributed by atoms with Crippen LogP contribution in [0.15, 0.2) is 17.5 Å². The van der Waals surface area contributed by atoms with Gasteiger partial charge < -0.3 is 15.4 Å². The van der Waals surface area contributed by atoms with Gasteiger partial charge in [0.1, 0.15) is 0 Å². The van der Waals surface area contributed by atoms with Gasteiger partial charge in [-0.25, -0.2) is 0 Å². The molecular weight excluding hydrogens is 220 g/mol. The molecule has 1 aromatic heterocycles. The summed E-state index contributed by atoms with van der Waals surface area (Å²) in [6, 6.07) is 4.58. The van der Waals surface area contributed by atoms with E-state index in [1.165, 1.54) is 4.88 Å². The van der Waals surface area contributed by atoms with E-state index in [1.54, 1.807) is 0 Å². The van der Waals surface area contributed by atoms with Gasteiger partial charge in [0.15, 0.2) is 0 Å². The monoisotopic (exact) mass is 240 g/mol. The zero-order chi connectivity index (χ0) is 11.4. The second-order valence-electron chi connectivity index (χ2n) is 4.56. The van der Waals surface area contributed by atoms with Gasteiger partial charge in [-0.05, 0) is 24.9 Å². The fraction of sp³-hybridized carbons (Fsp3) is 0.667. The van der Waals surface area contributed by atoms with Gasteiger partial charge in [-0.15, -0.1) is 11.3 Å². The van der Waals surface area contributed by atoms with Crippen molar-refractivity contribution < 1.29 is 4.74 Å². The lowest BCUT2D eigenvalue weighted by Gasteiger charge is -2.31. The number of rotatable bonds is 4. The Bertz CT molecular complexity index is 302. The van der Waals surface area contributed by atoms with Gasteiger partial charge >= 0.3 is 0 Å². The Balaban J connectivity index is 1.79. The van der Waals surface area contributed by atoms with Crippen molar-refractivity contribution in [2.75, 3.05) is 26.8 Å². The maximum absolute atomic E-state index is 6.10. The van der Waals surface area contributed by atoms with Gasteiger partial charge in [0.05, 0.1) is 6.61 Å². The summed E-state index contributed by atoms with van der Waals surface area (Å²) in [6.45, 7) is 3.68. The lowest BCUT2D eigenvalue weighted by Crippen LogP contribution is -2.44. The van der Waals surface area contributed by atoms with Crippen molar-refractivity contribution in [2.24, 2.45) is 11.7 Å². The fourth-order valence-corrected chi connectivity index (χ4v) is 2.92. The fourth-order valence-electron chi connectivity index (χ4n) is 2.13. The standard InChI is InChI=1S/C12H20N2OS/c1-14(8-11-3-2-6-16-11)7-10-9-15-5-4-12(10)13/h2-3,6,10,12H,4-5,7-9,13H2,1H3. The van der Waals surface area contributed by atoms with Crippen molar-refractivity contribution in [1.82, 2.24) is 4.90 Å². The van der Waals surface area contributed by atoms with Crippen LogP contribution in [0.25, 0.3) is 0 Å². The summed E-state index contributed by atoms with van der Waals surface area (Å²) in [5, 5.41) is 2.12. The van der Waals surface area contributed by atoms with Gasteiger partial charge in [-0.3, -0.25) is 0 Å². The average Bonchev–Trinajstić information content (AvgIpc) is 2.74. The summed E-state index contributed by atoms with van der Waals surface area (Å²) in [7, 11) is 2.15. The van der Waals surface area contributed by atoms with Gasteiger partial charge in [0.2, 0.25) is 0 Å². The Morgan fingerprint density at radius 2 is 2.50 bits per heavy atom. The first-order valence-electron chi connectivity index (χ1n) is 5.80. The molecule has 0 radical (unpaired) electrons. The van der Waals surface area contributed by atoms with E-state index >= 15 is 0 Å². The summed E-state index contributed by atoms with van der Waals surface area (Å²) >= 11 is 1.81. The molecule has 2 atom stereocenters. The number of ether oxygens (including phenoxy) is 1. The molecule has 16 heavy (non-hydrogen) atoms. The highest BCUT2D eigenvalue weighted by Crippen LogP contribution is 2.16. The zero-order valence-corrected chi connectivity index (χ0v) is 10.6. The van der Waals surface area contributed by atoms with E-state index in [2.05, 4.69) is 29.5 Å². The number of hydrogen-bond acceptors (Lipinski definition) is 4. The summed E-state index contributed by atoms with van der Waals surface area (Å²) < 4.78 is 5.48. The molecule has 0 amide bonds. The van der Waals surface area contributed by atoms with Crippen molar-refractivity contribution in [3.63, 3.8) is 0 Å². The third kappa shape index (κ3) is 3.28. The second-order valence-corrected chi connectivity index (χ2v) is 5.60. The van der Waals surface area contributed by atoms with Crippen LogP contribution in [0, 0.1) is 5.92 Å². The molecule has 0 aromatic carbocycles. The maximum Gasteiger partial charge on any atom is 0.0521 e. The van der Waals surface area contributed by atoms with Crippen LogP contribution in [0.5, 0.6) is 0 Å². The Morgan fingerprint density at radius 1 is 1.62 bits per heavy atom. The molecule has 1 saturated heterocycles. The summed E-state index contributed by atoms with van der Waals surface area (Å²) in [6.07, 6.45) is 0.998. The van der Waals surface area contributed by atoms with Crippen molar-refractivity contribution in [3.05, 3.63) is 22.4 Å². The van der Waals surface area contributed by atoms with Crippen LogP contribution in [-0.4, -0.2) is 37.7 Å². The minimum atomic E-state index is 0.305. The number of nitrogens with two attached hydrogens (primary N) is 1. The highest BCUT2D eigenvalue weighted by molar-refractivity contribution is 7.09. The molecule has 0 spiro atoms. The van der Waals surface area contributed by atoms with Crippen LogP contribution in [0.4, 0.5) is 0 Å². The predicted octanol–water partition coefficient (Wildman–Crippen LogP) is 1.54. The quantitative estimate of drug-likeness (QED) is 0.867. The first kappa shape index (κ1) is 12.0. The van der Waals surface area contributed by atoms with Crippen molar-refractivity contribution >= 4 is 11.3 Å². The van der Waals surface area contributed by atoms with E-state index in [0.29, 0.717) is 12.0 Å². The van der Waals surface area contributed by atoms with Crippen LogP contribution < -0.4 is 5.73 Å². The van der Waals surface area contributed by atoms with Crippen molar-refractivity contribution in [3.8, 4) is 0 Å². The summed E-state index contributed by atoms with van der Waals surface area (Å²) in [5.74, 6) is 0.485. The lowest BCUT2D eigenvalue weighted by atomic mass is 9.96. The highest BCUT2D eigenvalue weighted by atomic mass is 32.1. The van der Waals surface area contributed by atoms with Gasteiger partial charge in [0.25, 0.3) is 0 Å². The van der Waals surface area contributed by atoms with Crippen LogP contribution in [0.1, 0.15) is 11.3 Å². The molecule has 0 saturated carbocycles. The SMILES string of the molecule is CN(Cc1cccs1)CC1COCCC1N. The van der Waals surface area contributed by atoms with Gasteiger partial charge in [-0.1, -0.05) is 6.07 Å². The molecule has 3 nitrogen and oxygen atoms in total. The predicted molar refractivity (Wildman–Crippen MR) is 67.6 cm³/mol. The molecule has 90 valence electrons. The molecule has 2 heterocycles. The smallest absolute Gasteiger partial charge is 0.0521 e. The molecule has 2 unspecified atom stereocenters. The van der Waals surface area contributed by atoms with E-state index in [9.17, 15) is 0 Å². The molecule has 1 fully saturated rings. The third-order valence-electron chi connectivity index (χ3n) is 3.08. The molecule has 4 heteroatoms. The maximum atomic E-state index is 6.10. The van der Waals surface area contributed by atoms with Crippen LogP contribution in [-0.2, 0) is 11.3 Å². The number of thiophene rings is 1. The Kier molecular flexibility index (Phi) is 4.35. The Hall–Kier alpha value is -0.420. The van der Waals surface area contributed by atoms with E-state index in [1.807, 2.05) is 11.3 Å². The van der Waals surface area contributed by atoms with Crippen LogP contribution in [0.2, 0.25) is 0 Å². The normalized spacial score (nSPS) is 26.2. The topological polar surface area (TPSA) is 38.5 Å². The lowest BCUT2D eigenvalue weighted by molar-refractivity contribution is 0.0287. The largest absolute Gasteiger partial charge is 0.381 e. The summed E-state index contributed by atoms with van der Waals surface area (Å²) in [5.41, 5.74) is 6.10. The third-order valence-corrected chi connectivity index (χ3v) is 3.95. The second kappa shape index (κ2) is 5.77. The minimum Gasteiger partial charge on any atom is -0.381 e. The molecule has 2 rings (SSSR count). The van der Waals surface area contributed by atoms with Gasteiger partial charge in [-0.2, -0.15) is 0 Å². The molecule has 0 bridgehead atoms. The van der Waals surface area contributed by atoms with E-state index in [4.69, 9.17) is 10.5 Å². The number of nitrogens with zero attached hydrogens (tertiary/aromatic N) is 1. The highest BCUT2D eigenvalue weighted by Gasteiger charge is 2.23. The minimum absolute atomic E-state index is 0.305. The molecule has 0 aliphatic carbocycles. The molecule has 1 aliphatic heterocycles. The van der Waals surface area contributed by atoms with Gasteiger partial charge in [0, 0.05) is 36.5 Å². The Morgan fingerprint density at radius 3 is 3.19 bits per heavy atom. The first-order valence-corrected chi connectivity index (χ1v) is 6.68. The van der Waals surface area contributed by atoms with Crippen molar-refractivity contribution in [1.29, 1.82) is 0 Å². The Labute approximate surface area is 101 Å².